The summed E-state index contributed by atoms with van der Waals surface area (Å²) in [5.74, 6) is 0.736. The highest BCUT2D eigenvalue weighted by Crippen LogP contribution is 2.39. The molecule has 5 nitrogen and oxygen atoms in total. The van der Waals surface area contributed by atoms with Gasteiger partial charge in [0.1, 0.15) is 6.61 Å². The lowest BCUT2D eigenvalue weighted by molar-refractivity contribution is 0.157. The Balaban J connectivity index is 2.03. The predicted octanol–water partition coefficient (Wildman–Crippen LogP) is 5.14. The van der Waals surface area contributed by atoms with Gasteiger partial charge in [-0.2, -0.15) is 0 Å². The summed E-state index contributed by atoms with van der Waals surface area (Å²) in [5.41, 5.74) is 3.31. The zero-order valence-electron chi connectivity index (χ0n) is 15.6. The number of rotatable bonds is 5. The molecule has 0 aliphatic heterocycles. The van der Waals surface area contributed by atoms with Crippen molar-refractivity contribution in [3.05, 3.63) is 53.9 Å². The van der Waals surface area contributed by atoms with Crippen LogP contribution in [0.1, 0.15) is 11.1 Å². The molecule has 4 rings (SSSR count). The first-order valence-electron chi connectivity index (χ1n) is 8.91. The van der Waals surface area contributed by atoms with Gasteiger partial charge in [0.15, 0.2) is 0 Å². The molecule has 28 heavy (non-hydrogen) atoms. The van der Waals surface area contributed by atoms with Crippen molar-refractivity contribution in [1.82, 2.24) is 9.55 Å². The minimum atomic E-state index is -0.395. The second kappa shape index (κ2) is 8.03. The van der Waals surface area contributed by atoms with Crippen LogP contribution in [0.3, 0.4) is 0 Å². The van der Waals surface area contributed by atoms with Crippen molar-refractivity contribution in [1.29, 1.82) is 0 Å². The molecule has 0 unspecified atom stereocenters. The van der Waals surface area contributed by atoms with Crippen LogP contribution in [0.4, 0.5) is 4.79 Å². The molecule has 0 radical (unpaired) electrons. The zero-order valence-corrected chi connectivity index (χ0v) is 17.3. The second-order valence-electron chi connectivity index (χ2n) is 6.36. The van der Waals surface area contributed by atoms with Gasteiger partial charge in [0.05, 0.1) is 17.6 Å². The number of hydrogen-bond acceptors (Lipinski definition) is 6. The smallest absolute Gasteiger partial charge is 0.419 e. The van der Waals surface area contributed by atoms with E-state index in [9.17, 15) is 9.90 Å². The summed E-state index contributed by atoms with van der Waals surface area (Å²) in [6, 6.07) is 9.66. The van der Waals surface area contributed by atoms with Crippen molar-refractivity contribution >= 4 is 60.3 Å². The molecule has 4 aromatic rings. The molecule has 2 heterocycles. The Labute approximate surface area is 170 Å². The number of aliphatic hydroxyl groups excluding tert-OH is 1. The van der Waals surface area contributed by atoms with Crippen LogP contribution in [0.25, 0.3) is 32.6 Å². The van der Waals surface area contributed by atoms with Crippen molar-refractivity contribution in [2.45, 2.75) is 13.5 Å². The lowest BCUT2D eigenvalue weighted by atomic mass is 9.96. The SMILES string of the molecule is CSSCCOC(=O)n1c2ccccc2c2c(CO)c3cnccc3c(C)c21. The number of para-hydroxylation sites is 1. The molecule has 0 spiro atoms. The summed E-state index contributed by atoms with van der Waals surface area (Å²) in [4.78, 5) is 17.3. The highest BCUT2D eigenvalue weighted by atomic mass is 33.1. The fourth-order valence-corrected chi connectivity index (χ4v) is 4.81. The van der Waals surface area contributed by atoms with Crippen LogP contribution in [-0.2, 0) is 11.3 Å². The van der Waals surface area contributed by atoms with Crippen LogP contribution in [0.2, 0.25) is 0 Å². The van der Waals surface area contributed by atoms with Gasteiger partial charge in [0, 0.05) is 34.3 Å². The Morgan fingerprint density at radius 3 is 2.82 bits per heavy atom. The lowest BCUT2D eigenvalue weighted by Crippen LogP contribution is -2.15. The van der Waals surface area contributed by atoms with E-state index in [0.29, 0.717) is 6.61 Å². The number of ether oxygens (including phenoxy) is 1. The second-order valence-corrected chi connectivity index (χ2v) is 9.05. The summed E-state index contributed by atoms with van der Waals surface area (Å²) in [7, 11) is 3.31. The summed E-state index contributed by atoms with van der Waals surface area (Å²) in [5, 5.41) is 13.9. The molecule has 0 amide bonds. The van der Waals surface area contributed by atoms with Crippen molar-refractivity contribution < 1.29 is 14.6 Å². The van der Waals surface area contributed by atoms with Crippen LogP contribution in [0.15, 0.2) is 42.7 Å². The minimum Gasteiger partial charge on any atom is -0.448 e. The number of fused-ring (bicyclic) bond motifs is 4. The summed E-state index contributed by atoms with van der Waals surface area (Å²) < 4.78 is 7.20. The average molecular weight is 413 g/mol. The molecule has 7 heteroatoms. The standard InChI is InChI=1S/C21H20N2O3S2/c1-13-14-7-8-22-11-16(14)17(12-24)19-15-5-3-4-6-18(15)23(20(13)19)21(25)26-9-10-28-27-2/h3-8,11,24H,9-10,12H2,1-2H3. The van der Waals surface area contributed by atoms with E-state index in [4.69, 9.17) is 4.74 Å². The molecule has 0 saturated heterocycles. The third kappa shape index (κ3) is 3.03. The van der Waals surface area contributed by atoms with Crippen LogP contribution in [0, 0.1) is 6.92 Å². The molecule has 0 aliphatic carbocycles. The number of aryl methyl sites for hydroxylation is 1. The molecule has 0 bridgehead atoms. The number of carbonyl (C=O) groups is 1. The highest BCUT2D eigenvalue weighted by Gasteiger charge is 2.23. The maximum absolute atomic E-state index is 13.0. The van der Waals surface area contributed by atoms with E-state index in [2.05, 4.69) is 4.98 Å². The van der Waals surface area contributed by atoms with E-state index in [1.165, 1.54) is 0 Å². The van der Waals surface area contributed by atoms with Gasteiger partial charge in [-0.05, 0) is 41.8 Å². The third-order valence-electron chi connectivity index (χ3n) is 4.93. The van der Waals surface area contributed by atoms with Gasteiger partial charge in [-0.25, -0.2) is 9.36 Å². The number of aromatic nitrogens is 2. The molecular formula is C21H20N2O3S2. The number of pyridine rings is 1. The van der Waals surface area contributed by atoms with Crippen LogP contribution in [0.5, 0.6) is 0 Å². The van der Waals surface area contributed by atoms with E-state index in [1.807, 2.05) is 43.5 Å². The quantitative estimate of drug-likeness (QED) is 0.362. The van der Waals surface area contributed by atoms with Crippen LogP contribution >= 0.6 is 21.6 Å². The van der Waals surface area contributed by atoms with Crippen LogP contribution < -0.4 is 0 Å². The monoisotopic (exact) mass is 412 g/mol. The maximum atomic E-state index is 13.0. The molecular weight excluding hydrogens is 392 g/mol. The van der Waals surface area contributed by atoms with Gasteiger partial charge in [0.2, 0.25) is 0 Å². The summed E-state index contributed by atoms with van der Waals surface area (Å²) >= 11 is 0. The van der Waals surface area contributed by atoms with E-state index in [1.54, 1.807) is 38.5 Å². The predicted molar refractivity (Wildman–Crippen MR) is 118 cm³/mol. The van der Waals surface area contributed by atoms with Gasteiger partial charge in [-0.15, -0.1) is 0 Å². The Morgan fingerprint density at radius 2 is 2.04 bits per heavy atom. The van der Waals surface area contributed by atoms with Gasteiger partial charge in [0.25, 0.3) is 0 Å². The molecule has 1 N–H and O–H groups in total. The minimum absolute atomic E-state index is 0.133. The molecule has 0 saturated carbocycles. The molecule has 144 valence electrons. The number of nitrogens with zero attached hydrogens (tertiary/aromatic N) is 2. The van der Waals surface area contributed by atoms with Crippen molar-refractivity contribution in [3.8, 4) is 0 Å². The lowest BCUT2D eigenvalue weighted by Gasteiger charge is -2.13. The summed E-state index contributed by atoms with van der Waals surface area (Å²) in [6.45, 7) is 2.21. The number of carbonyl (C=O) groups excluding carboxylic acids is 1. The van der Waals surface area contributed by atoms with Crippen LogP contribution in [-0.4, -0.2) is 39.4 Å². The van der Waals surface area contributed by atoms with Gasteiger partial charge in [-0.3, -0.25) is 4.98 Å². The van der Waals surface area contributed by atoms with Crippen molar-refractivity contribution in [3.63, 3.8) is 0 Å². The first-order valence-corrected chi connectivity index (χ1v) is 11.6. The Bertz CT molecular complexity index is 1190. The van der Waals surface area contributed by atoms with Gasteiger partial charge < -0.3 is 9.84 Å². The number of benzene rings is 2. The van der Waals surface area contributed by atoms with E-state index >= 15 is 0 Å². The van der Waals surface area contributed by atoms with Gasteiger partial charge in [-0.1, -0.05) is 39.8 Å². The van der Waals surface area contributed by atoms with Crippen molar-refractivity contribution in [2.24, 2.45) is 0 Å². The largest absolute Gasteiger partial charge is 0.448 e. The molecule has 0 aliphatic rings. The van der Waals surface area contributed by atoms with Gasteiger partial charge >= 0.3 is 6.09 Å². The third-order valence-corrected chi connectivity index (χ3v) is 6.71. The molecule has 2 aromatic heterocycles. The number of hydrogen-bond donors (Lipinski definition) is 1. The Morgan fingerprint density at radius 1 is 1.21 bits per heavy atom. The Kier molecular flexibility index (Phi) is 5.48. The average Bonchev–Trinajstić information content (AvgIpc) is 3.07. The fourth-order valence-electron chi connectivity index (χ4n) is 3.79. The molecule has 0 atom stereocenters. The number of aliphatic hydroxyl groups is 1. The normalized spacial score (nSPS) is 11.5. The first kappa shape index (κ1) is 19.1. The van der Waals surface area contributed by atoms with E-state index in [-0.39, 0.29) is 6.61 Å². The van der Waals surface area contributed by atoms with E-state index in [0.717, 1.165) is 49.5 Å². The summed E-state index contributed by atoms with van der Waals surface area (Å²) in [6.07, 6.45) is 5.11. The maximum Gasteiger partial charge on any atom is 0.419 e. The Hall–Kier alpha value is -2.22. The first-order chi connectivity index (χ1) is 13.7. The highest BCUT2D eigenvalue weighted by molar-refractivity contribution is 8.76. The topological polar surface area (TPSA) is 64.3 Å². The molecule has 2 aromatic carbocycles. The zero-order chi connectivity index (χ0) is 19.7. The van der Waals surface area contributed by atoms with Crippen molar-refractivity contribution in [2.75, 3.05) is 18.6 Å². The van der Waals surface area contributed by atoms with E-state index < -0.39 is 6.09 Å². The molecule has 0 fully saturated rings. The fraction of sp³-hybridized carbons (Fsp3) is 0.238.